The summed E-state index contributed by atoms with van der Waals surface area (Å²) in [6.07, 6.45) is 5.11. The number of methoxy groups -OCH3 is 1. The molecule has 6 heteroatoms. The van der Waals surface area contributed by atoms with E-state index < -0.39 is 5.66 Å². The highest BCUT2D eigenvalue weighted by Gasteiger charge is 2.27. The third-order valence-corrected chi connectivity index (χ3v) is 2.42. The minimum Gasteiger partial charge on any atom is -0.480 e. The largest absolute Gasteiger partial charge is 0.480 e. The van der Waals surface area contributed by atoms with Gasteiger partial charge in [-0.15, -0.1) is 0 Å². The van der Waals surface area contributed by atoms with Crippen molar-refractivity contribution in [3.63, 3.8) is 0 Å². The normalized spacial score (nSPS) is 26.8. The van der Waals surface area contributed by atoms with E-state index in [0.29, 0.717) is 11.5 Å². The summed E-state index contributed by atoms with van der Waals surface area (Å²) >= 11 is 0. The predicted molar refractivity (Wildman–Crippen MR) is 64.2 cm³/mol. The average Bonchev–Trinajstić information content (AvgIpc) is 2.25. The quantitative estimate of drug-likeness (QED) is 0.711. The zero-order valence-corrected chi connectivity index (χ0v) is 9.97. The fourth-order valence-electron chi connectivity index (χ4n) is 1.53. The predicted octanol–water partition coefficient (Wildman–Crippen LogP) is 0.378. The maximum absolute atomic E-state index is 11.4. The van der Waals surface area contributed by atoms with Crippen LogP contribution in [0.3, 0.4) is 0 Å². The van der Waals surface area contributed by atoms with Crippen molar-refractivity contribution in [3.8, 4) is 0 Å². The maximum Gasteiger partial charge on any atom is 0.234 e. The number of hydrogen-bond donors (Lipinski definition) is 1. The Hall–Kier alpha value is -1.95. The summed E-state index contributed by atoms with van der Waals surface area (Å²) in [6.45, 7) is 3.23. The molecule has 90 valence electrons. The minimum atomic E-state index is -0.782. The van der Waals surface area contributed by atoms with Gasteiger partial charge in [0.25, 0.3) is 0 Å². The fraction of sp³-hybridized carbons (Fsp3) is 0.364. The molecule has 2 N–H and O–H groups in total. The Morgan fingerprint density at radius 2 is 2.29 bits per heavy atom. The van der Waals surface area contributed by atoms with E-state index in [-0.39, 0.29) is 11.7 Å². The molecule has 17 heavy (non-hydrogen) atoms. The Morgan fingerprint density at radius 3 is 2.88 bits per heavy atom. The molecule has 0 saturated carbocycles. The van der Waals surface area contributed by atoms with Crippen LogP contribution in [0.15, 0.2) is 34.0 Å². The van der Waals surface area contributed by atoms with Crippen LogP contribution in [0.2, 0.25) is 0 Å². The number of rotatable bonds is 1. The van der Waals surface area contributed by atoms with E-state index in [1.165, 1.54) is 14.0 Å². The SMILES string of the molecule is COC1=NC2=NC(C)(N)C=CN2C=C1C(C)=O. The lowest BCUT2D eigenvalue weighted by atomic mass is 10.1. The van der Waals surface area contributed by atoms with Crippen LogP contribution in [0.1, 0.15) is 13.8 Å². The van der Waals surface area contributed by atoms with Crippen molar-refractivity contribution in [2.24, 2.45) is 15.7 Å². The lowest BCUT2D eigenvalue weighted by Gasteiger charge is -2.29. The second-order valence-electron chi connectivity index (χ2n) is 4.08. The molecule has 0 aromatic carbocycles. The Bertz CT molecular complexity index is 486. The van der Waals surface area contributed by atoms with Crippen LogP contribution in [0.5, 0.6) is 0 Å². The van der Waals surface area contributed by atoms with Gasteiger partial charge in [0.05, 0.1) is 12.7 Å². The zero-order chi connectivity index (χ0) is 12.6. The minimum absolute atomic E-state index is 0.112. The van der Waals surface area contributed by atoms with Gasteiger partial charge in [0.2, 0.25) is 11.9 Å². The first-order valence-electron chi connectivity index (χ1n) is 5.15. The van der Waals surface area contributed by atoms with Crippen LogP contribution in [0.4, 0.5) is 0 Å². The average molecular weight is 234 g/mol. The topological polar surface area (TPSA) is 80.3 Å². The molecule has 6 nitrogen and oxygen atoms in total. The number of ether oxygens (including phenoxy) is 1. The van der Waals surface area contributed by atoms with Crippen molar-refractivity contribution in [1.82, 2.24) is 4.90 Å². The molecule has 0 spiro atoms. The number of hydrogen-bond acceptors (Lipinski definition) is 6. The van der Waals surface area contributed by atoms with Crippen molar-refractivity contribution < 1.29 is 9.53 Å². The lowest BCUT2D eigenvalue weighted by Crippen LogP contribution is -2.40. The standard InChI is InChI=1S/C11H14N4O2/c1-7(16)8-6-15-5-4-11(2,12)14-10(15)13-9(8)17-3/h4-6H,12H2,1-3H3. The summed E-state index contributed by atoms with van der Waals surface area (Å²) in [6, 6.07) is 0. The highest BCUT2D eigenvalue weighted by Crippen LogP contribution is 2.20. The highest BCUT2D eigenvalue weighted by molar-refractivity contribution is 6.22. The van der Waals surface area contributed by atoms with Crippen LogP contribution in [0.25, 0.3) is 0 Å². The first kappa shape index (κ1) is 11.5. The molecule has 1 atom stereocenters. The zero-order valence-electron chi connectivity index (χ0n) is 9.97. The molecule has 2 aliphatic heterocycles. The van der Waals surface area contributed by atoms with Gasteiger partial charge in [-0.25, -0.2) is 4.99 Å². The summed E-state index contributed by atoms with van der Waals surface area (Å²) in [5, 5.41) is 0. The lowest BCUT2D eigenvalue weighted by molar-refractivity contribution is -0.113. The first-order valence-corrected chi connectivity index (χ1v) is 5.15. The Labute approximate surface area is 99.2 Å². The number of aliphatic imine (C=N–C) groups is 2. The fourth-order valence-corrected chi connectivity index (χ4v) is 1.53. The van der Waals surface area contributed by atoms with Gasteiger partial charge in [0.1, 0.15) is 5.66 Å². The summed E-state index contributed by atoms with van der Waals surface area (Å²) < 4.78 is 5.07. The van der Waals surface area contributed by atoms with Gasteiger partial charge in [0.15, 0.2) is 5.78 Å². The number of nitrogens with two attached hydrogens (primary N) is 1. The number of carbonyl (C=O) groups excluding carboxylic acids is 1. The number of ketones is 1. The van der Waals surface area contributed by atoms with Crippen LogP contribution in [0, 0.1) is 0 Å². The summed E-state index contributed by atoms with van der Waals surface area (Å²) in [7, 11) is 1.46. The van der Waals surface area contributed by atoms with E-state index in [9.17, 15) is 4.79 Å². The molecular formula is C11H14N4O2. The molecule has 2 heterocycles. The third kappa shape index (κ3) is 2.12. The Kier molecular flexibility index (Phi) is 2.59. The molecule has 0 aromatic rings. The summed E-state index contributed by atoms with van der Waals surface area (Å²) in [4.78, 5) is 21.5. The molecule has 2 rings (SSSR count). The number of nitrogens with zero attached hydrogens (tertiary/aromatic N) is 3. The smallest absolute Gasteiger partial charge is 0.234 e. The van der Waals surface area contributed by atoms with Gasteiger partial charge in [-0.05, 0) is 19.9 Å². The van der Waals surface area contributed by atoms with E-state index in [1.54, 1.807) is 30.3 Å². The van der Waals surface area contributed by atoms with Crippen molar-refractivity contribution in [1.29, 1.82) is 0 Å². The molecule has 0 radical (unpaired) electrons. The monoisotopic (exact) mass is 234 g/mol. The molecule has 0 aliphatic carbocycles. The van der Waals surface area contributed by atoms with E-state index >= 15 is 0 Å². The van der Waals surface area contributed by atoms with Crippen LogP contribution in [-0.4, -0.2) is 35.3 Å². The Balaban J connectivity index is 2.44. The van der Waals surface area contributed by atoms with Crippen LogP contribution in [-0.2, 0) is 9.53 Å². The van der Waals surface area contributed by atoms with Crippen molar-refractivity contribution in [3.05, 3.63) is 24.0 Å². The van der Waals surface area contributed by atoms with Gasteiger partial charge in [-0.3, -0.25) is 9.69 Å². The molecule has 0 saturated heterocycles. The molecule has 0 bridgehead atoms. The number of fused-ring (bicyclic) bond motifs is 1. The summed E-state index contributed by atoms with van der Waals surface area (Å²) in [5.74, 6) is 0.567. The molecule has 0 aromatic heterocycles. The van der Waals surface area contributed by atoms with E-state index in [2.05, 4.69) is 9.98 Å². The molecule has 0 amide bonds. The van der Waals surface area contributed by atoms with Crippen molar-refractivity contribution in [2.75, 3.05) is 7.11 Å². The first-order chi connectivity index (χ1) is 7.93. The molecular weight excluding hydrogens is 220 g/mol. The van der Waals surface area contributed by atoms with Gasteiger partial charge in [-0.2, -0.15) is 4.99 Å². The number of carbonyl (C=O) groups is 1. The Morgan fingerprint density at radius 1 is 1.59 bits per heavy atom. The second kappa shape index (κ2) is 3.81. The molecule has 2 aliphatic rings. The van der Waals surface area contributed by atoms with Crippen molar-refractivity contribution in [2.45, 2.75) is 19.5 Å². The number of guanidine groups is 1. The van der Waals surface area contributed by atoms with E-state index in [4.69, 9.17) is 10.5 Å². The highest BCUT2D eigenvalue weighted by atomic mass is 16.5. The van der Waals surface area contributed by atoms with Gasteiger partial charge >= 0.3 is 0 Å². The molecule has 0 fully saturated rings. The van der Waals surface area contributed by atoms with Crippen molar-refractivity contribution >= 4 is 17.6 Å². The molecule has 1 unspecified atom stereocenters. The van der Waals surface area contributed by atoms with Gasteiger partial charge in [0, 0.05) is 12.4 Å². The third-order valence-electron chi connectivity index (χ3n) is 2.42. The van der Waals surface area contributed by atoms with Crippen LogP contribution >= 0.6 is 0 Å². The summed E-state index contributed by atoms with van der Waals surface area (Å²) in [5.41, 5.74) is 5.50. The van der Waals surface area contributed by atoms with Gasteiger partial charge < -0.3 is 10.5 Å². The number of Topliss-reactive ketones (excluding diaryl/α,β-unsaturated/α-hetero) is 1. The van der Waals surface area contributed by atoms with E-state index in [1.807, 2.05) is 0 Å². The second-order valence-corrected chi connectivity index (χ2v) is 4.08. The van der Waals surface area contributed by atoms with Crippen LogP contribution < -0.4 is 5.73 Å². The maximum atomic E-state index is 11.4. The van der Waals surface area contributed by atoms with E-state index in [0.717, 1.165) is 0 Å². The van der Waals surface area contributed by atoms with Gasteiger partial charge in [-0.1, -0.05) is 0 Å².